The summed E-state index contributed by atoms with van der Waals surface area (Å²) in [5, 5.41) is 2.94. The Labute approximate surface area is 143 Å². The van der Waals surface area contributed by atoms with Gasteiger partial charge in [-0.3, -0.25) is 9.69 Å². The molecule has 2 heterocycles. The molecule has 0 aliphatic carbocycles. The summed E-state index contributed by atoms with van der Waals surface area (Å²) in [6.45, 7) is 6.78. The summed E-state index contributed by atoms with van der Waals surface area (Å²) in [6.07, 6.45) is 1.12. The Hall–Kier alpha value is -1.47. The van der Waals surface area contributed by atoms with E-state index in [1.807, 2.05) is 12.1 Å². The highest BCUT2D eigenvalue weighted by Gasteiger charge is 2.35. The van der Waals surface area contributed by atoms with E-state index in [4.69, 9.17) is 15.2 Å². The van der Waals surface area contributed by atoms with Gasteiger partial charge in [-0.2, -0.15) is 0 Å². The third-order valence-corrected chi connectivity index (χ3v) is 5.08. The molecule has 2 aliphatic heterocycles. The lowest BCUT2D eigenvalue weighted by molar-refractivity contribution is -0.124. The van der Waals surface area contributed by atoms with Gasteiger partial charge in [0, 0.05) is 38.0 Å². The minimum atomic E-state index is -0.821. The van der Waals surface area contributed by atoms with Crippen LogP contribution in [0.15, 0.2) is 24.3 Å². The van der Waals surface area contributed by atoms with Crippen LogP contribution in [0.4, 0.5) is 5.69 Å². The second-order valence-electron chi connectivity index (χ2n) is 6.67. The van der Waals surface area contributed by atoms with E-state index in [1.54, 1.807) is 0 Å². The fraction of sp³-hybridized carbons (Fsp3) is 0.611. The number of morpholine rings is 1. The Morgan fingerprint density at radius 1 is 1.12 bits per heavy atom. The number of hydrogen-bond donors (Lipinski definition) is 2. The van der Waals surface area contributed by atoms with E-state index in [2.05, 4.69) is 29.3 Å². The molecule has 0 spiro atoms. The lowest BCUT2D eigenvalue weighted by Gasteiger charge is -2.33. The van der Waals surface area contributed by atoms with Gasteiger partial charge in [-0.05, 0) is 37.5 Å². The average Bonchev–Trinajstić information content (AvgIpc) is 2.63. The molecule has 1 aromatic carbocycles. The van der Waals surface area contributed by atoms with Gasteiger partial charge < -0.3 is 20.5 Å². The number of carbonyl (C=O) groups is 1. The normalized spacial score (nSPS) is 22.8. The highest BCUT2D eigenvalue weighted by atomic mass is 16.5. The lowest BCUT2D eigenvalue weighted by atomic mass is 9.90. The molecule has 1 amide bonds. The van der Waals surface area contributed by atoms with E-state index in [9.17, 15) is 4.79 Å². The van der Waals surface area contributed by atoms with Gasteiger partial charge in [-0.1, -0.05) is 12.1 Å². The number of nitrogens with two attached hydrogens (primary N) is 1. The van der Waals surface area contributed by atoms with Crippen molar-refractivity contribution in [3.63, 3.8) is 0 Å². The molecule has 2 aliphatic rings. The first-order chi connectivity index (χ1) is 11.6. The molecular weight excluding hydrogens is 306 g/mol. The quantitative estimate of drug-likeness (QED) is 0.874. The Balaban J connectivity index is 1.60. The van der Waals surface area contributed by atoms with E-state index in [0.29, 0.717) is 32.1 Å². The number of nitrogens with zero attached hydrogens (tertiary/aromatic N) is 1. The summed E-state index contributed by atoms with van der Waals surface area (Å²) >= 11 is 0. The standard InChI is InChI=1S/C18H27N3O3/c1-14(21-8-12-24-13-9-21)15-2-4-16(5-3-15)20-17(22)18(19)6-10-23-11-7-18/h2-5,14H,6-13,19H2,1H3,(H,20,22). The van der Waals surface area contributed by atoms with Crippen molar-refractivity contribution in [1.82, 2.24) is 4.90 Å². The summed E-state index contributed by atoms with van der Waals surface area (Å²) in [5.74, 6) is -0.125. The minimum Gasteiger partial charge on any atom is -0.381 e. The Morgan fingerprint density at radius 3 is 2.33 bits per heavy atom. The predicted octanol–water partition coefficient (Wildman–Crippen LogP) is 1.53. The summed E-state index contributed by atoms with van der Waals surface area (Å²) < 4.78 is 10.7. The monoisotopic (exact) mass is 333 g/mol. The predicted molar refractivity (Wildman–Crippen MR) is 92.9 cm³/mol. The zero-order valence-corrected chi connectivity index (χ0v) is 14.3. The van der Waals surface area contributed by atoms with Crippen LogP contribution in [0.25, 0.3) is 0 Å². The highest BCUT2D eigenvalue weighted by molar-refractivity contribution is 5.98. The average molecular weight is 333 g/mol. The molecular formula is C18H27N3O3. The van der Waals surface area contributed by atoms with Crippen molar-refractivity contribution in [1.29, 1.82) is 0 Å². The van der Waals surface area contributed by atoms with Crippen molar-refractivity contribution < 1.29 is 14.3 Å². The lowest BCUT2D eigenvalue weighted by Crippen LogP contribution is -2.54. The molecule has 0 bridgehead atoms. The van der Waals surface area contributed by atoms with Gasteiger partial charge in [0.25, 0.3) is 0 Å². The molecule has 0 aromatic heterocycles. The van der Waals surface area contributed by atoms with Gasteiger partial charge in [-0.25, -0.2) is 0 Å². The molecule has 1 unspecified atom stereocenters. The second-order valence-corrected chi connectivity index (χ2v) is 6.67. The van der Waals surface area contributed by atoms with Crippen LogP contribution in [0.2, 0.25) is 0 Å². The molecule has 6 nitrogen and oxygen atoms in total. The van der Waals surface area contributed by atoms with E-state index < -0.39 is 5.54 Å². The van der Waals surface area contributed by atoms with Crippen molar-refractivity contribution in [3.05, 3.63) is 29.8 Å². The van der Waals surface area contributed by atoms with Crippen molar-refractivity contribution in [3.8, 4) is 0 Å². The summed E-state index contributed by atoms with van der Waals surface area (Å²) in [5.41, 5.74) is 7.42. The molecule has 2 fully saturated rings. The Bertz CT molecular complexity index is 549. The van der Waals surface area contributed by atoms with E-state index in [-0.39, 0.29) is 5.91 Å². The maximum absolute atomic E-state index is 12.4. The van der Waals surface area contributed by atoms with Crippen LogP contribution in [0.5, 0.6) is 0 Å². The van der Waals surface area contributed by atoms with Crippen LogP contribution in [-0.4, -0.2) is 55.9 Å². The molecule has 3 N–H and O–H groups in total. The van der Waals surface area contributed by atoms with Crippen LogP contribution >= 0.6 is 0 Å². The molecule has 1 aromatic rings. The molecule has 0 radical (unpaired) electrons. The number of anilines is 1. The van der Waals surface area contributed by atoms with Gasteiger partial charge >= 0.3 is 0 Å². The number of hydrogen-bond acceptors (Lipinski definition) is 5. The molecule has 2 saturated heterocycles. The molecule has 6 heteroatoms. The van der Waals surface area contributed by atoms with Gasteiger partial charge in [-0.15, -0.1) is 0 Å². The molecule has 1 atom stereocenters. The van der Waals surface area contributed by atoms with Gasteiger partial charge in [0.2, 0.25) is 5.91 Å². The fourth-order valence-corrected chi connectivity index (χ4v) is 3.24. The molecule has 0 saturated carbocycles. The zero-order valence-electron chi connectivity index (χ0n) is 14.3. The SMILES string of the molecule is CC(c1ccc(NC(=O)C2(N)CCOCC2)cc1)N1CCOCC1. The number of rotatable bonds is 4. The number of carbonyl (C=O) groups excluding carboxylic acids is 1. The third-order valence-electron chi connectivity index (χ3n) is 5.08. The highest BCUT2D eigenvalue weighted by Crippen LogP contribution is 2.24. The van der Waals surface area contributed by atoms with E-state index in [0.717, 1.165) is 32.0 Å². The Kier molecular flexibility index (Phi) is 5.50. The smallest absolute Gasteiger partial charge is 0.244 e. The summed E-state index contributed by atoms with van der Waals surface area (Å²) in [6, 6.07) is 8.39. The maximum Gasteiger partial charge on any atom is 0.244 e. The maximum atomic E-state index is 12.4. The number of amides is 1. The molecule has 24 heavy (non-hydrogen) atoms. The first-order valence-corrected chi connectivity index (χ1v) is 8.68. The topological polar surface area (TPSA) is 76.8 Å². The molecule has 132 valence electrons. The van der Waals surface area contributed by atoms with Crippen LogP contribution in [0.1, 0.15) is 31.4 Å². The largest absolute Gasteiger partial charge is 0.381 e. The second kappa shape index (κ2) is 7.61. The minimum absolute atomic E-state index is 0.125. The summed E-state index contributed by atoms with van der Waals surface area (Å²) in [7, 11) is 0. The third kappa shape index (κ3) is 3.95. The van der Waals surface area contributed by atoms with Crippen LogP contribution in [0, 0.1) is 0 Å². The van der Waals surface area contributed by atoms with Gasteiger partial charge in [0.1, 0.15) is 5.54 Å². The van der Waals surface area contributed by atoms with Gasteiger partial charge in [0.15, 0.2) is 0 Å². The number of ether oxygens (including phenoxy) is 2. The van der Waals surface area contributed by atoms with E-state index in [1.165, 1.54) is 5.56 Å². The first kappa shape index (κ1) is 17.4. The van der Waals surface area contributed by atoms with Crippen LogP contribution < -0.4 is 11.1 Å². The van der Waals surface area contributed by atoms with Gasteiger partial charge in [0.05, 0.1) is 13.2 Å². The van der Waals surface area contributed by atoms with Crippen molar-refractivity contribution in [2.45, 2.75) is 31.3 Å². The molecule has 3 rings (SSSR count). The van der Waals surface area contributed by atoms with Crippen LogP contribution in [-0.2, 0) is 14.3 Å². The van der Waals surface area contributed by atoms with Crippen molar-refractivity contribution in [2.24, 2.45) is 5.73 Å². The van der Waals surface area contributed by atoms with Crippen molar-refractivity contribution in [2.75, 3.05) is 44.8 Å². The zero-order chi connectivity index (χ0) is 17.0. The first-order valence-electron chi connectivity index (χ1n) is 8.68. The van der Waals surface area contributed by atoms with Crippen molar-refractivity contribution >= 4 is 11.6 Å². The van der Waals surface area contributed by atoms with Crippen LogP contribution in [0.3, 0.4) is 0 Å². The Morgan fingerprint density at radius 2 is 1.71 bits per heavy atom. The number of nitrogens with one attached hydrogen (secondary N) is 1. The number of benzene rings is 1. The fourth-order valence-electron chi connectivity index (χ4n) is 3.24. The van der Waals surface area contributed by atoms with E-state index >= 15 is 0 Å². The summed E-state index contributed by atoms with van der Waals surface area (Å²) in [4.78, 5) is 14.9.